The van der Waals surface area contributed by atoms with E-state index in [9.17, 15) is 9.59 Å². The Balaban J connectivity index is 2.04. The Morgan fingerprint density at radius 2 is 1.57 bits per heavy atom. The number of amides is 2. The molecule has 3 rings (SSSR count). The summed E-state index contributed by atoms with van der Waals surface area (Å²) in [6.45, 7) is 0.216. The number of ether oxygens (including phenoxy) is 1. The van der Waals surface area contributed by atoms with Crippen molar-refractivity contribution in [1.82, 2.24) is 4.90 Å². The Labute approximate surface area is 164 Å². The lowest BCUT2D eigenvalue weighted by Crippen LogP contribution is -2.41. The number of methoxy groups -OCH3 is 1. The number of benzene rings is 3. The summed E-state index contributed by atoms with van der Waals surface area (Å²) in [6.07, 6.45) is 0. The first-order valence-corrected chi connectivity index (χ1v) is 8.93. The molecule has 28 heavy (non-hydrogen) atoms. The fraction of sp³-hybridized carbons (Fsp3) is 0.130. The minimum atomic E-state index is -0.889. The molecule has 3 aromatic carbocycles. The van der Waals surface area contributed by atoms with Crippen LogP contribution in [-0.4, -0.2) is 23.8 Å². The van der Waals surface area contributed by atoms with E-state index in [1.54, 1.807) is 43.5 Å². The summed E-state index contributed by atoms with van der Waals surface area (Å²) in [4.78, 5) is 27.2. The molecule has 0 aliphatic carbocycles. The smallest absolute Gasteiger partial charge is 0.255 e. The molecule has 3 aromatic rings. The number of nitrogens with zero attached hydrogens (tertiary/aromatic N) is 1. The van der Waals surface area contributed by atoms with E-state index in [1.165, 1.54) is 4.90 Å². The molecule has 0 bridgehead atoms. The highest BCUT2D eigenvalue weighted by atomic mass is 16.5. The monoisotopic (exact) mass is 374 g/mol. The summed E-state index contributed by atoms with van der Waals surface area (Å²) in [5.41, 5.74) is 7.74. The molecule has 0 aliphatic heterocycles. The highest BCUT2D eigenvalue weighted by molar-refractivity contribution is 5.97. The molecule has 0 saturated heterocycles. The van der Waals surface area contributed by atoms with Crippen LogP contribution in [0.5, 0.6) is 5.75 Å². The van der Waals surface area contributed by atoms with Gasteiger partial charge in [0, 0.05) is 12.1 Å². The molecule has 0 radical (unpaired) electrons. The molecule has 142 valence electrons. The molecular weight excluding hydrogens is 352 g/mol. The largest absolute Gasteiger partial charge is 0.497 e. The van der Waals surface area contributed by atoms with Crippen molar-refractivity contribution in [3.8, 4) is 5.75 Å². The Morgan fingerprint density at radius 1 is 0.929 bits per heavy atom. The first-order chi connectivity index (χ1) is 13.6. The second kappa shape index (κ2) is 8.86. The van der Waals surface area contributed by atoms with E-state index < -0.39 is 11.9 Å². The lowest BCUT2D eigenvalue weighted by Gasteiger charge is -2.30. The minimum Gasteiger partial charge on any atom is -0.497 e. The molecule has 2 amide bonds. The number of nitrogens with two attached hydrogens (primary N) is 1. The molecule has 0 fully saturated rings. The van der Waals surface area contributed by atoms with Gasteiger partial charge in [-0.3, -0.25) is 9.59 Å². The Morgan fingerprint density at radius 3 is 2.18 bits per heavy atom. The van der Waals surface area contributed by atoms with Crippen LogP contribution in [0.25, 0.3) is 0 Å². The third-order valence-corrected chi connectivity index (χ3v) is 4.47. The van der Waals surface area contributed by atoms with E-state index in [2.05, 4.69) is 0 Å². The summed E-state index contributed by atoms with van der Waals surface area (Å²) in [5.74, 6) is -0.172. The molecule has 0 aliphatic rings. The molecule has 5 heteroatoms. The van der Waals surface area contributed by atoms with E-state index in [4.69, 9.17) is 10.5 Å². The van der Waals surface area contributed by atoms with Gasteiger partial charge in [0.05, 0.1) is 7.11 Å². The molecular formula is C23H22N2O3. The number of primary amides is 1. The van der Waals surface area contributed by atoms with Crippen molar-refractivity contribution in [1.29, 1.82) is 0 Å². The first kappa shape index (κ1) is 19.2. The van der Waals surface area contributed by atoms with Crippen LogP contribution in [0.4, 0.5) is 0 Å². The van der Waals surface area contributed by atoms with Gasteiger partial charge in [-0.15, -0.1) is 0 Å². The molecule has 2 N–H and O–H groups in total. The molecule has 0 aromatic heterocycles. The van der Waals surface area contributed by atoms with Gasteiger partial charge in [0.1, 0.15) is 11.8 Å². The predicted molar refractivity (Wildman–Crippen MR) is 108 cm³/mol. The minimum absolute atomic E-state index is 0.216. The van der Waals surface area contributed by atoms with Gasteiger partial charge >= 0.3 is 0 Å². The van der Waals surface area contributed by atoms with Crippen LogP contribution in [-0.2, 0) is 11.3 Å². The van der Waals surface area contributed by atoms with Crippen molar-refractivity contribution < 1.29 is 14.3 Å². The van der Waals surface area contributed by atoms with Gasteiger partial charge in [-0.1, -0.05) is 60.7 Å². The predicted octanol–water partition coefficient (Wildman–Crippen LogP) is 3.56. The van der Waals surface area contributed by atoms with E-state index in [-0.39, 0.29) is 12.5 Å². The van der Waals surface area contributed by atoms with Crippen molar-refractivity contribution in [2.24, 2.45) is 5.73 Å². The third-order valence-electron chi connectivity index (χ3n) is 4.47. The van der Waals surface area contributed by atoms with Gasteiger partial charge in [-0.25, -0.2) is 0 Å². The average Bonchev–Trinajstić information content (AvgIpc) is 2.74. The fourth-order valence-electron chi connectivity index (χ4n) is 3.13. The van der Waals surface area contributed by atoms with Gasteiger partial charge in [-0.2, -0.15) is 0 Å². The number of rotatable bonds is 7. The van der Waals surface area contributed by atoms with Crippen LogP contribution in [0.1, 0.15) is 27.5 Å². The lowest BCUT2D eigenvalue weighted by atomic mass is 10.0. The van der Waals surface area contributed by atoms with Crippen LogP contribution < -0.4 is 10.5 Å². The first-order valence-electron chi connectivity index (χ1n) is 8.93. The van der Waals surface area contributed by atoms with Crippen LogP contribution in [0.2, 0.25) is 0 Å². The van der Waals surface area contributed by atoms with E-state index in [0.717, 1.165) is 5.56 Å². The fourth-order valence-corrected chi connectivity index (χ4v) is 3.13. The normalized spacial score (nSPS) is 11.5. The third kappa shape index (κ3) is 4.38. The Bertz CT molecular complexity index is 942. The van der Waals surface area contributed by atoms with Crippen LogP contribution in [0.15, 0.2) is 84.9 Å². The van der Waals surface area contributed by atoms with Crippen molar-refractivity contribution in [3.05, 3.63) is 102 Å². The zero-order valence-electron chi connectivity index (χ0n) is 15.6. The van der Waals surface area contributed by atoms with Crippen molar-refractivity contribution >= 4 is 11.8 Å². The van der Waals surface area contributed by atoms with Gasteiger partial charge in [-0.05, 0) is 35.4 Å². The van der Waals surface area contributed by atoms with Crippen LogP contribution >= 0.6 is 0 Å². The number of hydrogen-bond donors (Lipinski definition) is 1. The number of carbonyl (C=O) groups is 2. The standard InChI is InChI=1S/C23H22N2O3/c1-28-20-14-8-9-17(15-20)16-25(23(27)19-12-6-3-7-13-19)21(22(24)26)18-10-4-2-5-11-18/h2-15,21H,16H2,1H3,(H2,24,26)/t21-/m0/s1. The van der Waals surface area contributed by atoms with Gasteiger partial charge in [0.2, 0.25) is 5.91 Å². The summed E-state index contributed by atoms with van der Waals surface area (Å²) < 4.78 is 5.28. The Kier molecular flexibility index (Phi) is 6.07. The highest BCUT2D eigenvalue weighted by Gasteiger charge is 2.30. The Hall–Kier alpha value is -3.60. The van der Waals surface area contributed by atoms with Gasteiger partial charge in [0.25, 0.3) is 5.91 Å². The van der Waals surface area contributed by atoms with Gasteiger partial charge in [0.15, 0.2) is 0 Å². The van der Waals surface area contributed by atoms with Crippen molar-refractivity contribution in [2.75, 3.05) is 7.11 Å². The maximum atomic E-state index is 13.3. The maximum absolute atomic E-state index is 13.3. The maximum Gasteiger partial charge on any atom is 0.255 e. The second-order valence-electron chi connectivity index (χ2n) is 6.37. The van der Waals surface area contributed by atoms with Crippen LogP contribution in [0.3, 0.4) is 0 Å². The average molecular weight is 374 g/mol. The molecule has 0 heterocycles. The summed E-state index contributed by atoms with van der Waals surface area (Å²) >= 11 is 0. The summed E-state index contributed by atoms with van der Waals surface area (Å²) in [7, 11) is 1.59. The SMILES string of the molecule is COc1cccc(CN(C(=O)c2ccccc2)[C@H](C(N)=O)c2ccccc2)c1. The van der Waals surface area contributed by atoms with E-state index in [1.807, 2.05) is 48.5 Å². The van der Waals surface area contributed by atoms with Gasteiger partial charge < -0.3 is 15.4 Å². The molecule has 0 saturated carbocycles. The lowest BCUT2D eigenvalue weighted by molar-refractivity contribution is -0.122. The quantitative estimate of drug-likeness (QED) is 0.687. The van der Waals surface area contributed by atoms with Crippen molar-refractivity contribution in [3.63, 3.8) is 0 Å². The molecule has 5 nitrogen and oxygen atoms in total. The second-order valence-corrected chi connectivity index (χ2v) is 6.37. The number of hydrogen-bond acceptors (Lipinski definition) is 3. The zero-order chi connectivity index (χ0) is 19.9. The van der Waals surface area contributed by atoms with Crippen LogP contribution in [0, 0.1) is 0 Å². The summed E-state index contributed by atoms with van der Waals surface area (Å²) in [6, 6.07) is 24.5. The molecule has 0 spiro atoms. The number of carbonyl (C=O) groups excluding carboxylic acids is 2. The van der Waals surface area contributed by atoms with E-state index in [0.29, 0.717) is 16.9 Å². The molecule has 0 unspecified atom stereocenters. The zero-order valence-corrected chi connectivity index (χ0v) is 15.6. The topological polar surface area (TPSA) is 72.6 Å². The van der Waals surface area contributed by atoms with E-state index >= 15 is 0 Å². The summed E-state index contributed by atoms with van der Waals surface area (Å²) in [5, 5.41) is 0. The highest BCUT2D eigenvalue weighted by Crippen LogP contribution is 2.26. The van der Waals surface area contributed by atoms with Crippen molar-refractivity contribution in [2.45, 2.75) is 12.6 Å². The molecule has 1 atom stereocenters.